The molecule has 0 spiro atoms. The zero-order chi connectivity index (χ0) is 9.10. The van der Waals surface area contributed by atoms with Gasteiger partial charge < -0.3 is 0 Å². The topological polar surface area (TPSA) is 21.7 Å². The van der Waals surface area contributed by atoms with Gasteiger partial charge in [0.15, 0.2) is 6.79 Å². The lowest BCUT2D eigenvalue weighted by atomic mass is 10.1. The average Bonchev–Trinajstić information content (AvgIpc) is 2.02. The van der Waals surface area contributed by atoms with Gasteiger partial charge in [-0.15, -0.1) is 0 Å². The summed E-state index contributed by atoms with van der Waals surface area (Å²) in [5, 5.41) is 1.55. The molecule has 3 heteroatoms. The molecule has 70 valence electrons. The van der Waals surface area contributed by atoms with Gasteiger partial charge >= 0.3 is 0 Å². The zero-order valence-corrected chi connectivity index (χ0v) is 7.64. The molecule has 1 fully saturated rings. The van der Waals surface area contributed by atoms with E-state index in [-0.39, 0.29) is 6.04 Å². The van der Waals surface area contributed by atoms with Crippen LogP contribution < -0.4 is 0 Å². The van der Waals surface area contributed by atoms with Crippen molar-refractivity contribution in [1.82, 2.24) is 5.23 Å². The smallest absolute Gasteiger partial charge is 0.192 e. The normalized spacial score (nSPS) is 19.5. The van der Waals surface area contributed by atoms with Gasteiger partial charge in [0, 0.05) is 0 Å². The molecule has 1 aromatic rings. The maximum Gasteiger partial charge on any atom is 0.192 e. The van der Waals surface area contributed by atoms with Crippen LogP contribution >= 0.6 is 0 Å². The van der Waals surface area contributed by atoms with Crippen molar-refractivity contribution in [3.05, 3.63) is 35.9 Å². The summed E-state index contributed by atoms with van der Waals surface area (Å²) in [5.41, 5.74) is 1.30. The Morgan fingerprint density at radius 2 is 2.00 bits per heavy atom. The Morgan fingerprint density at radius 3 is 2.54 bits per heavy atom. The van der Waals surface area contributed by atoms with Crippen LogP contribution in [0.4, 0.5) is 0 Å². The lowest BCUT2D eigenvalue weighted by Crippen LogP contribution is -2.44. The molecule has 13 heavy (non-hydrogen) atoms. The Morgan fingerprint density at radius 1 is 1.31 bits per heavy atom. The fourth-order valence-corrected chi connectivity index (χ4v) is 1.40. The van der Waals surface area contributed by atoms with E-state index in [1.165, 1.54) is 5.56 Å². The lowest BCUT2D eigenvalue weighted by Gasteiger charge is -2.33. The molecule has 1 aliphatic heterocycles. The maximum atomic E-state index is 5.08. The summed E-state index contributed by atoms with van der Waals surface area (Å²) in [4.78, 5) is 10.2. The molecule has 0 aliphatic carbocycles. The maximum absolute atomic E-state index is 5.08. The standard InChI is InChI=1S/C10H13NO2/c1-9(11-12-8-13-11)7-10-5-3-2-4-6-10/h2-6,9H,7-8H2,1H3. The van der Waals surface area contributed by atoms with Gasteiger partial charge in [-0.2, -0.15) is 0 Å². The third-order valence-corrected chi connectivity index (χ3v) is 2.09. The summed E-state index contributed by atoms with van der Waals surface area (Å²) < 4.78 is 0. The third kappa shape index (κ3) is 2.06. The molecule has 0 N–H and O–H groups in total. The van der Waals surface area contributed by atoms with Crippen LogP contribution in [0.3, 0.4) is 0 Å². The van der Waals surface area contributed by atoms with Crippen LogP contribution in [0.1, 0.15) is 12.5 Å². The van der Waals surface area contributed by atoms with Crippen LogP contribution in [0.2, 0.25) is 0 Å². The van der Waals surface area contributed by atoms with Crippen molar-refractivity contribution < 1.29 is 9.68 Å². The molecule has 0 amide bonds. The van der Waals surface area contributed by atoms with E-state index in [9.17, 15) is 0 Å². The molecule has 1 saturated heterocycles. The number of rotatable bonds is 3. The van der Waals surface area contributed by atoms with Gasteiger partial charge in [0.05, 0.1) is 6.04 Å². The SMILES string of the molecule is CC(Cc1ccccc1)N1OCO1. The second-order valence-electron chi connectivity index (χ2n) is 3.20. The Bertz CT molecular complexity index is 259. The van der Waals surface area contributed by atoms with Crippen LogP contribution in [0.5, 0.6) is 0 Å². The van der Waals surface area contributed by atoms with E-state index in [0.717, 1.165) is 6.42 Å². The van der Waals surface area contributed by atoms with Crippen molar-refractivity contribution in [3.8, 4) is 0 Å². The molecule has 1 aromatic carbocycles. The molecular formula is C10H13NO2. The number of hydroxylamine groups is 2. The van der Waals surface area contributed by atoms with Gasteiger partial charge in [-0.3, -0.25) is 0 Å². The lowest BCUT2D eigenvalue weighted by molar-refractivity contribution is -0.531. The monoisotopic (exact) mass is 179 g/mol. The highest BCUT2D eigenvalue weighted by Crippen LogP contribution is 2.14. The highest BCUT2D eigenvalue weighted by molar-refractivity contribution is 5.15. The molecule has 1 unspecified atom stereocenters. The van der Waals surface area contributed by atoms with Crippen molar-refractivity contribution in [2.45, 2.75) is 19.4 Å². The fourth-order valence-electron chi connectivity index (χ4n) is 1.40. The predicted molar refractivity (Wildman–Crippen MR) is 48.5 cm³/mol. The summed E-state index contributed by atoms with van der Waals surface area (Å²) in [6, 6.07) is 10.6. The Balaban J connectivity index is 1.90. The van der Waals surface area contributed by atoms with Crippen molar-refractivity contribution in [3.63, 3.8) is 0 Å². The van der Waals surface area contributed by atoms with E-state index in [4.69, 9.17) is 9.68 Å². The van der Waals surface area contributed by atoms with Gasteiger partial charge in [-0.05, 0) is 18.9 Å². The molecular weight excluding hydrogens is 166 g/mol. The quantitative estimate of drug-likeness (QED) is 0.705. The molecule has 0 radical (unpaired) electrons. The van der Waals surface area contributed by atoms with E-state index >= 15 is 0 Å². The zero-order valence-electron chi connectivity index (χ0n) is 7.64. The molecule has 0 saturated carbocycles. The molecule has 1 atom stereocenters. The minimum atomic E-state index is 0.274. The highest BCUT2D eigenvalue weighted by atomic mass is 17.1. The summed E-state index contributed by atoms with van der Waals surface area (Å²) in [7, 11) is 0. The van der Waals surface area contributed by atoms with Crippen molar-refractivity contribution in [2.24, 2.45) is 0 Å². The molecule has 3 nitrogen and oxygen atoms in total. The first-order valence-electron chi connectivity index (χ1n) is 4.45. The van der Waals surface area contributed by atoms with Gasteiger partial charge in [-0.25, -0.2) is 9.68 Å². The summed E-state index contributed by atoms with van der Waals surface area (Å²) >= 11 is 0. The molecule has 1 heterocycles. The summed E-state index contributed by atoms with van der Waals surface area (Å²) in [6.07, 6.45) is 0.945. The number of nitrogens with zero attached hydrogens (tertiary/aromatic N) is 1. The van der Waals surface area contributed by atoms with Gasteiger partial charge in [0.1, 0.15) is 0 Å². The Hall–Kier alpha value is -0.900. The van der Waals surface area contributed by atoms with Gasteiger partial charge in [0.25, 0.3) is 0 Å². The molecule has 1 aliphatic rings. The largest absolute Gasteiger partial charge is 0.243 e. The fraction of sp³-hybridized carbons (Fsp3) is 0.400. The summed E-state index contributed by atoms with van der Waals surface area (Å²) in [5.74, 6) is 0. The number of hydrogen-bond donors (Lipinski definition) is 0. The first kappa shape index (κ1) is 8.69. The van der Waals surface area contributed by atoms with Crippen LogP contribution in [-0.4, -0.2) is 18.1 Å². The number of hydrogen-bond acceptors (Lipinski definition) is 3. The van der Waals surface area contributed by atoms with Crippen molar-refractivity contribution in [1.29, 1.82) is 0 Å². The minimum absolute atomic E-state index is 0.274. The second kappa shape index (κ2) is 3.87. The van der Waals surface area contributed by atoms with E-state index in [1.807, 2.05) is 18.2 Å². The van der Waals surface area contributed by atoms with E-state index in [1.54, 1.807) is 5.23 Å². The van der Waals surface area contributed by atoms with Gasteiger partial charge in [0.2, 0.25) is 0 Å². The molecule has 0 bridgehead atoms. The van der Waals surface area contributed by atoms with Crippen LogP contribution in [0.15, 0.2) is 30.3 Å². The second-order valence-corrected chi connectivity index (χ2v) is 3.20. The predicted octanol–water partition coefficient (Wildman–Crippen LogP) is 1.75. The van der Waals surface area contributed by atoms with Crippen molar-refractivity contribution in [2.75, 3.05) is 6.79 Å². The Labute approximate surface area is 77.8 Å². The van der Waals surface area contributed by atoms with Crippen LogP contribution in [0.25, 0.3) is 0 Å². The number of benzene rings is 1. The van der Waals surface area contributed by atoms with Gasteiger partial charge in [-0.1, -0.05) is 35.6 Å². The molecule has 2 rings (SSSR count). The third-order valence-electron chi connectivity index (χ3n) is 2.09. The average molecular weight is 179 g/mol. The first-order chi connectivity index (χ1) is 6.36. The van der Waals surface area contributed by atoms with Crippen molar-refractivity contribution >= 4 is 0 Å². The Kier molecular flexibility index (Phi) is 2.59. The summed E-state index contributed by atoms with van der Waals surface area (Å²) in [6.45, 7) is 2.46. The van der Waals surface area contributed by atoms with Crippen LogP contribution in [-0.2, 0) is 16.1 Å². The van der Waals surface area contributed by atoms with E-state index in [0.29, 0.717) is 6.79 Å². The van der Waals surface area contributed by atoms with E-state index in [2.05, 4.69) is 19.1 Å². The highest BCUT2D eigenvalue weighted by Gasteiger charge is 2.23. The minimum Gasteiger partial charge on any atom is -0.243 e. The van der Waals surface area contributed by atoms with E-state index < -0.39 is 0 Å². The van der Waals surface area contributed by atoms with Crippen LogP contribution in [0, 0.1) is 0 Å². The first-order valence-corrected chi connectivity index (χ1v) is 4.45. The molecule has 0 aromatic heterocycles.